The van der Waals surface area contributed by atoms with E-state index in [1.165, 1.54) is 0 Å². The van der Waals surface area contributed by atoms with Gasteiger partial charge in [-0.05, 0) is 56.6 Å². The quantitative estimate of drug-likeness (QED) is 0.554. The fourth-order valence-corrected chi connectivity index (χ4v) is 2.50. The molecule has 0 atom stereocenters. The molecule has 0 aliphatic carbocycles. The van der Waals surface area contributed by atoms with Crippen molar-refractivity contribution in [1.82, 2.24) is 4.90 Å². The number of carbonyl (C=O) groups is 2. The molecule has 0 aromatic heterocycles. The fourth-order valence-electron chi connectivity index (χ4n) is 2.50. The number of rotatable bonds is 9. The number of carbonyl (C=O) groups excluding carboxylic acids is 2. The summed E-state index contributed by atoms with van der Waals surface area (Å²) >= 11 is 0. The minimum atomic E-state index is -0.310. The van der Waals surface area contributed by atoms with Gasteiger partial charge in [-0.3, -0.25) is 9.69 Å². The summed E-state index contributed by atoms with van der Waals surface area (Å²) in [6, 6.07) is 3.54. The predicted octanol–water partition coefficient (Wildman–Crippen LogP) is 3.54. The fraction of sp³-hybridized carbons (Fsp3) is 0.579. The van der Waals surface area contributed by atoms with Crippen LogP contribution in [0.5, 0.6) is 0 Å². The van der Waals surface area contributed by atoms with Gasteiger partial charge in [-0.1, -0.05) is 27.2 Å². The van der Waals surface area contributed by atoms with Crippen LogP contribution in [0.15, 0.2) is 12.1 Å². The molecule has 0 unspecified atom stereocenters. The Balaban J connectivity index is 2.80. The van der Waals surface area contributed by atoms with Gasteiger partial charge in [0.2, 0.25) is 5.91 Å². The number of amides is 1. The molecule has 134 valence electrons. The first-order valence-electron chi connectivity index (χ1n) is 8.73. The van der Waals surface area contributed by atoms with Gasteiger partial charge in [0.15, 0.2) is 0 Å². The van der Waals surface area contributed by atoms with E-state index in [1.54, 1.807) is 12.1 Å². The molecule has 0 bridgehead atoms. The molecule has 1 rings (SSSR count). The van der Waals surface area contributed by atoms with E-state index in [-0.39, 0.29) is 11.9 Å². The average molecular weight is 334 g/mol. The van der Waals surface area contributed by atoms with Crippen LogP contribution in [-0.4, -0.2) is 43.0 Å². The Hall–Kier alpha value is -1.88. The summed E-state index contributed by atoms with van der Waals surface area (Å²) in [5, 5.41) is 2.96. The third-order valence-corrected chi connectivity index (χ3v) is 4.03. The third-order valence-electron chi connectivity index (χ3n) is 4.03. The van der Waals surface area contributed by atoms with Gasteiger partial charge in [0.25, 0.3) is 0 Å². The lowest BCUT2D eigenvalue weighted by Crippen LogP contribution is -2.33. The lowest BCUT2D eigenvalue weighted by atomic mass is 10.0. The lowest BCUT2D eigenvalue weighted by Gasteiger charge is -2.19. The SMILES string of the molecule is CCCCOC(=O)c1cc(C)c(NC(=O)CN(CC)CC)c(C)c1. The molecule has 1 aromatic rings. The number of nitrogens with one attached hydrogen (secondary N) is 1. The summed E-state index contributed by atoms with van der Waals surface area (Å²) in [6.45, 7) is 12.4. The van der Waals surface area contributed by atoms with Crippen LogP contribution in [0.3, 0.4) is 0 Å². The Morgan fingerprint density at radius 1 is 1.08 bits per heavy atom. The number of nitrogens with zero attached hydrogens (tertiary/aromatic N) is 1. The van der Waals surface area contributed by atoms with E-state index in [1.807, 2.05) is 27.7 Å². The molecular formula is C19H30N2O3. The van der Waals surface area contributed by atoms with Crippen molar-refractivity contribution < 1.29 is 14.3 Å². The van der Waals surface area contributed by atoms with E-state index >= 15 is 0 Å². The predicted molar refractivity (Wildman–Crippen MR) is 97.5 cm³/mol. The van der Waals surface area contributed by atoms with Crippen molar-refractivity contribution in [2.45, 2.75) is 47.5 Å². The normalized spacial score (nSPS) is 10.8. The topological polar surface area (TPSA) is 58.6 Å². The van der Waals surface area contributed by atoms with Crippen LogP contribution >= 0.6 is 0 Å². The molecule has 0 spiro atoms. The summed E-state index contributed by atoms with van der Waals surface area (Å²) in [6.07, 6.45) is 1.85. The highest BCUT2D eigenvalue weighted by atomic mass is 16.5. The number of hydrogen-bond donors (Lipinski definition) is 1. The minimum Gasteiger partial charge on any atom is -0.462 e. The zero-order valence-corrected chi connectivity index (χ0v) is 15.6. The van der Waals surface area contributed by atoms with Crippen LogP contribution in [0.25, 0.3) is 0 Å². The zero-order chi connectivity index (χ0) is 18.1. The van der Waals surface area contributed by atoms with E-state index in [4.69, 9.17) is 4.74 Å². The highest BCUT2D eigenvalue weighted by molar-refractivity contribution is 5.96. The van der Waals surface area contributed by atoms with Crippen molar-refractivity contribution in [1.29, 1.82) is 0 Å². The van der Waals surface area contributed by atoms with Crippen molar-refractivity contribution in [3.63, 3.8) is 0 Å². The maximum absolute atomic E-state index is 12.2. The van der Waals surface area contributed by atoms with Crippen LogP contribution in [0.1, 0.15) is 55.1 Å². The Labute approximate surface area is 145 Å². The Morgan fingerprint density at radius 3 is 2.17 bits per heavy atom. The number of aryl methyl sites for hydroxylation is 2. The molecule has 0 aliphatic rings. The second-order valence-corrected chi connectivity index (χ2v) is 5.98. The zero-order valence-electron chi connectivity index (χ0n) is 15.6. The number of unbranched alkanes of at least 4 members (excludes halogenated alkanes) is 1. The third kappa shape index (κ3) is 5.96. The van der Waals surface area contributed by atoms with Gasteiger partial charge < -0.3 is 10.1 Å². The molecule has 0 fully saturated rings. The maximum Gasteiger partial charge on any atom is 0.338 e. The Morgan fingerprint density at radius 2 is 1.67 bits per heavy atom. The molecule has 0 saturated carbocycles. The summed E-state index contributed by atoms with van der Waals surface area (Å²) in [5.41, 5.74) is 3.04. The van der Waals surface area contributed by atoms with Crippen molar-refractivity contribution in [2.75, 3.05) is 31.6 Å². The molecule has 5 nitrogen and oxygen atoms in total. The first-order valence-corrected chi connectivity index (χ1v) is 8.73. The molecule has 0 heterocycles. The number of esters is 1. The van der Waals surface area contributed by atoms with Gasteiger partial charge >= 0.3 is 5.97 Å². The van der Waals surface area contributed by atoms with Crippen LogP contribution in [-0.2, 0) is 9.53 Å². The summed E-state index contributed by atoms with van der Waals surface area (Å²) in [7, 11) is 0. The van der Waals surface area contributed by atoms with Crippen LogP contribution in [0.2, 0.25) is 0 Å². The highest BCUT2D eigenvalue weighted by Gasteiger charge is 2.14. The van der Waals surface area contributed by atoms with E-state index in [0.717, 1.165) is 42.7 Å². The molecule has 0 saturated heterocycles. The second kappa shape index (κ2) is 10.1. The molecule has 24 heavy (non-hydrogen) atoms. The van der Waals surface area contributed by atoms with Gasteiger partial charge in [0, 0.05) is 5.69 Å². The Bertz CT molecular complexity index is 543. The average Bonchev–Trinajstić information content (AvgIpc) is 2.55. The minimum absolute atomic E-state index is 0.0387. The van der Waals surface area contributed by atoms with Crippen LogP contribution < -0.4 is 5.32 Å². The molecule has 0 radical (unpaired) electrons. The van der Waals surface area contributed by atoms with E-state index in [2.05, 4.69) is 17.1 Å². The maximum atomic E-state index is 12.2. The summed E-state index contributed by atoms with van der Waals surface area (Å²) in [5.74, 6) is -0.348. The molecule has 0 aliphatic heterocycles. The Kier molecular flexibility index (Phi) is 8.47. The van der Waals surface area contributed by atoms with Crippen LogP contribution in [0, 0.1) is 13.8 Å². The molecule has 1 N–H and O–H groups in total. The first kappa shape index (κ1) is 20.2. The largest absolute Gasteiger partial charge is 0.462 e. The van der Waals surface area contributed by atoms with E-state index < -0.39 is 0 Å². The van der Waals surface area contributed by atoms with Gasteiger partial charge in [-0.2, -0.15) is 0 Å². The van der Waals surface area contributed by atoms with Crippen molar-refractivity contribution >= 4 is 17.6 Å². The number of ether oxygens (including phenoxy) is 1. The number of benzene rings is 1. The highest BCUT2D eigenvalue weighted by Crippen LogP contribution is 2.23. The number of likely N-dealkylation sites (N-methyl/N-ethyl adjacent to an activating group) is 1. The monoisotopic (exact) mass is 334 g/mol. The van der Waals surface area contributed by atoms with Crippen molar-refractivity contribution in [3.05, 3.63) is 28.8 Å². The van der Waals surface area contributed by atoms with Gasteiger partial charge in [0.1, 0.15) is 0 Å². The summed E-state index contributed by atoms with van der Waals surface area (Å²) < 4.78 is 5.25. The van der Waals surface area contributed by atoms with E-state index in [0.29, 0.717) is 18.7 Å². The molecule has 1 aromatic carbocycles. The van der Waals surface area contributed by atoms with Gasteiger partial charge in [0.05, 0.1) is 18.7 Å². The number of hydrogen-bond acceptors (Lipinski definition) is 4. The van der Waals surface area contributed by atoms with Crippen LogP contribution in [0.4, 0.5) is 5.69 Å². The molecule has 5 heteroatoms. The van der Waals surface area contributed by atoms with Gasteiger partial charge in [-0.25, -0.2) is 4.79 Å². The second-order valence-electron chi connectivity index (χ2n) is 5.98. The van der Waals surface area contributed by atoms with E-state index in [9.17, 15) is 9.59 Å². The van der Waals surface area contributed by atoms with Gasteiger partial charge in [-0.15, -0.1) is 0 Å². The lowest BCUT2D eigenvalue weighted by molar-refractivity contribution is -0.117. The smallest absolute Gasteiger partial charge is 0.338 e. The molecule has 1 amide bonds. The standard InChI is InChI=1S/C19H30N2O3/c1-6-9-10-24-19(23)16-11-14(4)18(15(5)12-16)20-17(22)13-21(7-2)8-3/h11-12H,6-10,13H2,1-5H3,(H,20,22). The first-order chi connectivity index (χ1) is 11.4. The molecular weight excluding hydrogens is 304 g/mol. The number of anilines is 1. The summed E-state index contributed by atoms with van der Waals surface area (Å²) in [4.78, 5) is 26.3. The van der Waals surface area contributed by atoms with Crippen molar-refractivity contribution in [3.8, 4) is 0 Å². The van der Waals surface area contributed by atoms with Crippen molar-refractivity contribution in [2.24, 2.45) is 0 Å².